The van der Waals surface area contributed by atoms with E-state index >= 15 is 0 Å². The number of hydrogen-bond donors (Lipinski definition) is 2. The summed E-state index contributed by atoms with van der Waals surface area (Å²) in [6.07, 6.45) is 4.62. The lowest BCUT2D eigenvalue weighted by atomic mass is 10.0. The second-order valence-electron chi connectivity index (χ2n) is 8.64. The number of aromatic nitrogens is 3. The minimum absolute atomic E-state index is 0.322. The number of carbonyl (C=O) groups is 2. The monoisotopic (exact) mass is 435 g/mol. The maximum absolute atomic E-state index is 13.2. The van der Waals surface area contributed by atoms with Crippen LogP contribution in [0.25, 0.3) is 5.69 Å². The van der Waals surface area contributed by atoms with Crippen molar-refractivity contribution in [3.05, 3.63) is 71.8 Å². The van der Waals surface area contributed by atoms with Crippen molar-refractivity contribution in [1.82, 2.24) is 20.1 Å². The third-order valence-electron chi connectivity index (χ3n) is 4.74. The van der Waals surface area contributed by atoms with Crippen LogP contribution in [0, 0.1) is 13.8 Å². The van der Waals surface area contributed by atoms with E-state index in [9.17, 15) is 9.59 Å². The van der Waals surface area contributed by atoms with Crippen molar-refractivity contribution in [3.63, 3.8) is 0 Å². The van der Waals surface area contributed by atoms with Gasteiger partial charge in [0, 0.05) is 18.8 Å². The maximum atomic E-state index is 13.2. The summed E-state index contributed by atoms with van der Waals surface area (Å²) >= 11 is 0. The Bertz CT molecular complexity index is 1070. The molecule has 3 aromatic rings. The van der Waals surface area contributed by atoms with E-state index in [0.717, 1.165) is 22.5 Å². The zero-order valence-electron chi connectivity index (χ0n) is 19.0. The molecule has 2 amide bonds. The maximum Gasteiger partial charge on any atom is 0.408 e. The molecule has 0 bridgehead atoms. The Morgan fingerprint density at radius 3 is 2.34 bits per heavy atom. The molecule has 2 heterocycles. The minimum Gasteiger partial charge on any atom is -0.444 e. The minimum atomic E-state index is -0.823. The van der Waals surface area contributed by atoms with Gasteiger partial charge in [-0.25, -0.2) is 9.48 Å². The molecule has 0 unspecified atom stereocenters. The van der Waals surface area contributed by atoms with E-state index in [1.807, 2.05) is 50.2 Å². The summed E-state index contributed by atoms with van der Waals surface area (Å²) < 4.78 is 7.07. The largest absolute Gasteiger partial charge is 0.444 e. The SMILES string of the molecule is Cc1ccc(C[C@H](NC(=O)OC(C)(C)C)C(=O)Nc2cnn(-c3ccncc3)c2C)cc1. The van der Waals surface area contributed by atoms with Crippen molar-refractivity contribution in [2.24, 2.45) is 0 Å². The van der Waals surface area contributed by atoms with E-state index in [4.69, 9.17) is 4.74 Å². The molecule has 0 fully saturated rings. The zero-order valence-corrected chi connectivity index (χ0v) is 19.0. The van der Waals surface area contributed by atoms with Gasteiger partial charge in [-0.15, -0.1) is 0 Å². The average molecular weight is 436 g/mol. The first-order chi connectivity index (χ1) is 15.1. The summed E-state index contributed by atoms with van der Waals surface area (Å²) in [7, 11) is 0. The highest BCUT2D eigenvalue weighted by Gasteiger charge is 2.25. The Morgan fingerprint density at radius 1 is 1.06 bits per heavy atom. The first-order valence-electron chi connectivity index (χ1n) is 10.4. The molecule has 8 heteroatoms. The van der Waals surface area contributed by atoms with E-state index in [2.05, 4.69) is 20.7 Å². The number of anilines is 1. The van der Waals surface area contributed by atoms with E-state index in [1.54, 1.807) is 44.0 Å². The summed E-state index contributed by atoms with van der Waals surface area (Å²) in [4.78, 5) is 29.6. The quantitative estimate of drug-likeness (QED) is 0.611. The summed E-state index contributed by atoms with van der Waals surface area (Å²) in [5.74, 6) is -0.353. The molecule has 8 nitrogen and oxygen atoms in total. The molecule has 168 valence electrons. The van der Waals surface area contributed by atoms with Crippen LogP contribution in [0.4, 0.5) is 10.5 Å². The number of nitrogens with one attached hydrogen (secondary N) is 2. The predicted octanol–water partition coefficient (Wildman–Crippen LogP) is 3.96. The Kier molecular flexibility index (Phi) is 6.92. The van der Waals surface area contributed by atoms with Gasteiger partial charge in [0.25, 0.3) is 0 Å². The molecule has 32 heavy (non-hydrogen) atoms. The van der Waals surface area contributed by atoms with Gasteiger partial charge in [-0.1, -0.05) is 29.8 Å². The van der Waals surface area contributed by atoms with Crippen LogP contribution in [-0.2, 0) is 16.0 Å². The molecule has 0 aliphatic rings. The van der Waals surface area contributed by atoms with E-state index in [0.29, 0.717) is 12.1 Å². The highest BCUT2D eigenvalue weighted by molar-refractivity contribution is 5.97. The molecule has 1 atom stereocenters. The van der Waals surface area contributed by atoms with Crippen LogP contribution in [0.1, 0.15) is 37.6 Å². The molecule has 0 aliphatic carbocycles. The van der Waals surface area contributed by atoms with Gasteiger partial charge in [0.15, 0.2) is 0 Å². The number of pyridine rings is 1. The van der Waals surface area contributed by atoms with Gasteiger partial charge < -0.3 is 15.4 Å². The molecule has 0 spiro atoms. The second-order valence-corrected chi connectivity index (χ2v) is 8.64. The number of carbonyl (C=O) groups excluding carboxylic acids is 2. The fourth-order valence-corrected chi connectivity index (χ4v) is 3.12. The molecule has 2 aromatic heterocycles. The Balaban J connectivity index is 1.79. The van der Waals surface area contributed by atoms with Gasteiger partial charge in [0.2, 0.25) is 5.91 Å². The van der Waals surface area contributed by atoms with Gasteiger partial charge in [0.05, 0.1) is 23.3 Å². The van der Waals surface area contributed by atoms with Crippen molar-refractivity contribution in [3.8, 4) is 5.69 Å². The number of alkyl carbamates (subject to hydrolysis) is 1. The fraction of sp³-hybridized carbons (Fsp3) is 0.333. The highest BCUT2D eigenvalue weighted by atomic mass is 16.6. The lowest BCUT2D eigenvalue weighted by Gasteiger charge is -2.23. The third kappa shape index (κ3) is 6.16. The summed E-state index contributed by atoms with van der Waals surface area (Å²) in [5, 5.41) is 9.96. The average Bonchev–Trinajstić information content (AvgIpc) is 3.08. The lowest BCUT2D eigenvalue weighted by molar-refractivity contribution is -0.118. The number of hydrogen-bond acceptors (Lipinski definition) is 5. The molecule has 3 rings (SSSR count). The standard InChI is InChI=1S/C24H29N5O3/c1-16-6-8-18(9-7-16)14-20(28-23(31)32-24(3,4)5)22(30)27-21-15-26-29(17(21)2)19-10-12-25-13-11-19/h6-13,15,20H,14H2,1-5H3,(H,27,30)(H,28,31)/t20-/m0/s1. The molecule has 1 aromatic carbocycles. The highest BCUT2D eigenvalue weighted by Crippen LogP contribution is 2.19. The summed E-state index contributed by atoms with van der Waals surface area (Å²) in [5.41, 5.74) is 3.53. The van der Waals surface area contributed by atoms with Gasteiger partial charge in [0.1, 0.15) is 11.6 Å². The molecule has 2 N–H and O–H groups in total. The third-order valence-corrected chi connectivity index (χ3v) is 4.74. The van der Waals surface area contributed by atoms with Crippen LogP contribution in [0.2, 0.25) is 0 Å². The Morgan fingerprint density at radius 2 is 1.72 bits per heavy atom. The van der Waals surface area contributed by atoms with Gasteiger partial charge >= 0.3 is 6.09 Å². The summed E-state index contributed by atoms with van der Waals surface area (Å²) in [6.45, 7) is 9.19. The molecule has 0 saturated carbocycles. The number of aryl methyl sites for hydroxylation is 1. The smallest absolute Gasteiger partial charge is 0.408 e. The topological polar surface area (TPSA) is 98.1 Å². The Labute approximate surface area is 188 Å². The van der Waals surface area contributed by atoms with Crippen molar-refractivity contribution in [1.29, 1.82) is 0 Å². The first-order valence-corrected chi connectivity index (χ1v) is 10.4. The van der Waals surface area contributed by atoms with Gasteiger partial charge in [-0.3, -0.25) is 9.78 Å². The number of nitrogens with zero attached hydrogens (tertiary/aromatic N) is 3. The fourth-order valence-electron chi connectivity index (χ4n) is 3.12. The van der Waals surface area contributed by atoms with Crippen LogP contribution in [-0.4, -0.2) is 38.4 Å². The van der Waals surface area contributed by atoms with Gasteiger partial charge in [-0.05, 0) is 52.3 Å². The number of rotatable bonds is 6. The molecular formula is C24H29N5O3. The van der Waals surface area contributed by atoms with Crippen LogP contribution < -0.4 is 10.6 Å². The van der Waals surface area contributed by atoms with Crippen molar-refractivity contribution in [2.45, 2.75) is 52.7 Å². The van der Waals surface area contributed by atoms with E-state index < -0.39 is 17.7 Å². The molecular weight excluding hydrogens is 406 g/mol. The normalized spacial score (nSPS) is 12.2. The van der Waals surface area contributed by atoms with Crippen LogP contribution in [0.15, 0.2) is 55.0 Å². The second kappa shape index (κ2) is 9.64. The van der Waals surface area contributed by atoms with E-state index in [-0.39, 0.29) is 5.91 Å². The van der Waals surface area contributed by atoms with Crippen molar-refractivity contribution in [2.75, 3.05) is 5.32 Å². The van der Waals surface area contributed by atoms with Crippen LogP contribution in [0.3, 0.4) is 0 Å². The molecule has 0 saturated heterocycles. The predicted molar refractivity (Wildman–Crippen MR) is 123 cm³/mol. The number of benzene rings is 1. The number of amides is 2. The number of ether oxygens (including phenoxy) is 1. The van der Waals surface area contributed by atoms with Crippen molar-refractivity contribution < 1.29 is 14.3 Å². The first kappa shape index (κ1) is 23.0. The van der Waals surface area contributed by atoms with Crippen LogP contribution >= 0.6 is 0 Å². The molecule has 0 radical (unpaired) electrons. The van der Waals surface area contributed by atoms with E-state index in [1.165, 1.54) is 0 Å². The zero-order chi connectivity index (χ0) is 23.3. The van der Waals surface area contributed by atoms with Gasteiger partial charge in [-0.2, -0.15) is 5.10 Å². The van der Waals surface area contributed by atoms with Crippen LogP contribution in [0.5, 0.6) is 0 Å². The van der Waals surface area contributed by atoms with Crippen molar-refractivity contribution >= 4 is 17.7 Å². The Hall–Kier alpha value is -3.68. The summed E-state index contributed by atoms with van der Waals surface area (Å²) in [6, 6.07) is 10.7. The molecule has 0 aliphatic heterocycles. The lowest BCUT2D eigenvalue weighted by Crippen LogP contribution is -2.47.